The summed E-state index contributed by atoms with van der Waals surface area (Å²) in [6, 6.07) is 5.03. The SMILES string of the molecule is COc1ccc(NC(=O)CCCS(C)(=O)=O)c(OC)c1. The maximum atomic E-state index is 11.7. The van der Waals surface area contributed by atoms with Crippen LogP contribution in [0.3, 0.4) is 0 Å². The van der Waals surface area contributed by atoms with Crippen LogP contribution in [-0.2, 0) is 14.6 Å². The van der Waals surface area contributed by atoms with Crippen LogP contribution in [0.4, 0.5) is 5.69 Å². The second-order valence-electron chi connectivity index (χ2n) is 4.35. The summed E-state index contributed by atoms with van der Waals surface area (Å²) in [5.74, 6) is 0.857. The number of nitrogens with one attached hydrogen (secondary N) is 1. The molecule has 1 N–H and O–H groups in total. The first-order valence-corrected chi connectivity index (χ1v) is 8.11. The molecule has 0 unspecified atom stereocenters. The number of hydrogen-bond acceptors (Lipinski definition) is 5. The van der Waals surface area contributed by atoms with E-state index in [9.17, 15) is 13.2 Å². The Morgan fingerprint density at radius 2 is 1.95 bits per heavy atom. The fraction of sp³-hybridized carbons (Fsp3) is 0.462. The first-order chi connectivity index (χ1) is 9.35. The van der Waals surface area contributed by atoms with E-state index in [-0.39, 0.29) is 18.1 Å². The lowest BCUT2D eigenvalue weighted by molar-refractivity contribution is -0.116. The van der Waals surface area contributed by atoms with Gasteiger partial charge in [0.1, 0.15) is 21.3 Å². The number of methoxy groups -OCH3 is 2. The van der Waals surface area contributed by atoms with Gasteiger partial charge in [-0.3, -0.25) is 4.79 Å². The van der Waals surface area contributed by atoms with Crippen LogP contribution in [0.1, 0.15) is 12.8 Å². The van der Waals surface area contributed by atoms with Crippen molar-refractivity contribution in [3.8, 4) is 11.5 Å². The molecule has 0 bridgehead atoms. The number of sulfone groups is 1. The van der Waals surface area contributed by atoms with Gasteiger partial charge in [0.25, 0.3) is 0 Å². The monoisotopic (exact) mass is 301 g/mol. The van der Waals surface area contributed by atoms with Gasteiger partial charge in [0.15, 0.2) is 0 Å². The van der Waals surface area contributed by atoms with Crippen molar-refractivity contribution < 1.29 is 22.7 Å². The zero-order valence-corrected chi connectivity index (χ0v) is 12.6. The minimum Gasteiger partial charge on any atom is -0.497 e. The molecule has 1 amide bonds. The molecule has 0 saturated carbocycles. The van der Waals surface area contributed by atoms with Gasteiger partial charge >= 0.3 is 0 Å². The molecule has 0 aliphatic carbocycles. The summed E-state index contributed by atoms with van der Waals surface area (Å²) in [7, 11) is -0.00167. The van der Waals surface area contributed by atoms with Gasteiger partial charge in [-0.2, -0.15) is 0 Å². The quantitative estimate of drug-likeness (QED) is 0.824. The molecule has 0 aromatic heterocycles. The van der Waals surface area contributed by atoms with Gasteiger partial charge in [0, 0.05) is 18.7 Å². The molecule has 0 aliphatic rings. The molecule has 0 saturated heterocycles. The van der Waals surface area contributed by atoms with Gasteiger partial charge in [-0.15, -0.1) is 0 Å². The maximum Gasteiger partial charge on any atom is 0.224 e. The van der Waals surface area contributed by atoms with Crippen LogP contribution in [0.25, 0.3) is 0 Å². The van der Waals surface area contributed by atoms with Crippen molar-refractivity contribution in [3.63, 3.8) is 0 Å². The molecule has 0 spiro atoms. The largest absolute Gasteiger partial charge is 0.497 e. The Morgan fingerprint density at radius 3 is 2.50 bits per heavy atom. The predicted molar refractivity (Wildman–Crippen MR) is 77.1 cm³/mol. The lowest BCUT2D eigenvalue weighted by atomic mass is 10.2. The number of benzene rings is 1. The van der Waals surface area contributed by atoms with Crippen molar-refractivity contribution in [1.29, 1.82) is 0 Å². The summed E-state index contributed by atoms with van der Waals surface area (Å²) in [5, 5.41) is 2.68. The predicted octanol–water partition coefficient (Wildman–Crippen LogP) is 1.47. The van der Waals surface area contributed by atoms with Crippen LogP contribution in [0.2, 0.25) is 0 Å². The molecule has 20 heavy (non-hydrogen) atoms. The highest BCUT2D eigenvalue weighted by atomic mass is 32.2. The van der Waals surface area contributed by atoms with E-state index in [1.807, 2.05) is 0 Å². The van der Waals surface area contributed by atoms with E-state index in [1.165, 1.54) is 14.2 Å². The standard InChI is InChI=1S/C13H19NO5S/c1-18-10-6-7-11(12(9-10)19-2)14-13(15)5-4-8-20(3,16)17/h6-7,9H,4-5,8H2,1-3H3,(H,14,15). The molecule has 112 valence electrons. The number of anilines is 1. The zero-order valence-electron chi connectivity index (χ0n) is 11.8. The van der Waals surface area contributed by atoms with Gasteiger partial charge in [0.2, 0.25) is 5.91 Å². The molecule has 0 fully saturated rings. The third-order valence-electron chi connectivity index (χ3n) is 2.60. The summed E-state index contributed by atoms with van der Waals surface area (Å²) in [6.45, 7) is 0. The van der Waals surface area contributed by atoms with Crippen LogP contribution in [-0.4, -0.2) is 40.6 Å². The molecule has 1 aromatic rings. The Kier molecular flexibility index (Phi) is 5.82. The summed E-state index contributed by atoms with van der Waals surface area (Å²) in [6.07, 6.45) is 1.59. The van der Waals surface area contributed by atoms with Crippen molar-refractivity contribution in [3.05, 3.63) is 18.2 Å². The van der Waals surface area contributed by atoms with Crippen molar-refractivity contribution in [2.45, 2.75) is 12.8 Å². The van der Waals surface area contributed by atoms with Crippen molar-refractivity contribution in [2.75, 3.05) is 31.5 Å². The molecule has 0 atom stereocenters. The second-order valence-corrected chi connectivity index (χ2v) is 6.61. The average Bonchev–Trinajstić information content (AvgIpc) is 2.37. The third kappa shape index (κ3) is 5.48. The molecule has 1 aromatic carbocycles. The number of hydrogen-bond donors (Lipinski definition) is 1. The Labute approximate surface area is 119 Å². The summed E-state index contributed by atoms with van der Waals surface area (Å²) in [4.78, 5) is 11.7. The summed E-state index contributed by atoms with van der Waals surface area (Å²) < 4.78 is 32.2. The molecule has 7 heteroatoms. The third-order valence-corrected chi connectivity index (χ3v) is 3.63. The van der Waals surface area contributed by atoms with Gasteiger partial charge in [-0.25, -0.2) is 8.42 Å². The van der Waals surface area contributed by atoms with Gasteiger partial charge in [0.05, 0.1) is 25.7 Å². The highest BCUT2D eigenvalue weighted by molar-refractivity contribution is 7.90. The smallest absolute Gasteiger partial charge is 0.224 e. The topological polar surface area (TPSA) is 81.7 Å². The number of carbonyl (C=O) groups excluding carboxylic acids is 1. The van der Waals surface area contributed by atoms with E-state index in [4.69, 9.17) is 9.47 Å². The Hall–Kier alpha value is -1.76. The van der Waals surface area contributed by atoms with E-state index in [0.29, 0.717) is 23.6 Å². The van der Waals surface area contributed by atoms with Crippen LogP contribution in [0.5, 0.6) is 11.5 Å². The first kappa shape index (κ1) is 16.3. The van der Waals surface area contributed by atoms with Gasteiger partial charge < -0.3 is 14.8 Å². The number of rotatable bonds is 7. The Balaban J connectivity index is 2.61. The normalized spacial score (nSPS) is 10.9. The fourth-order valence-corrected chi connectivity index (χ4v) is 2.28. The highest BCUT2D eigenvalue weighted by Crippen LogP contribution is 2.29. The summed E-state index contributed by atoms with van der Waals surface area (Å²) in [5.41, 5.74) is 0.526. The lowest BCUT2D eigenvalue weighted by Gasteiger charge is -2.11. The van der Waals surface area contributed by atoms with E-state index >= 15 is 0 Å². The van der Waals surface area contributed by atoms with Crippen LogP contribution >= 0.6 is 0 Å². The maximum absolute atomic E-state index is 11.7. The van der Waals surface area contributed by atoms with Crippen LogP contribution < -0.4 is 14.8 Å². The minimum absolute atomic E-state index is 0.000166. The molecular formula is C13H19NO5S. The summed E-state index contributed by atoms with van der Waals surface area (Å²) >= 11 is 0. The molecule has 0 heterocycles. The van der Waals surface area contributed by atoms with E-state index in [2.05, 4.69) is 5.32 Å². The average molecular weight is 301 g/mol. The van der Waals surface area contributed by atoms with Gasteiger partial charge in [-0.05, 0) is 18.6 Å². The van der Waals surface area contributed by atoms with E-state index < -0.39 is 9.84 Å². The van der Waals surface area contributed by atoms with Crippen molar-refractivity contribution in [1.82, 2.24) is 0 Å². The molecular weight excluding hydrogens is 282 g/mol. The number of amides is 1. The fourth-order valence-electron chi connectivity index (χ4n) is 1.61. The molecule has 0 radical (unpaired) electrons. The van der Waals surface area contributed by atoms with Crippen LogP contribution in [0, 0.1) is 0 Å². The minimum atomic E-state index is -3.04. The lowest BCUT2D eigenvalue weighted by Crippen LogP contribution is -2.14. The van der Waals surface area contributed by atoms with Crippen LogP contribution in [0.15, 0.2) is 18.2 Å². The van der Waals surface area contributed by atoms with E-state index in [0.717, 1.165) is 6.26 Å². The Bertz CT molecular complexity index is 568. The molecule has 6 nitrogen and oxygen atoms in total. The molecule has 1 rings (SSSR count). The zero-order chi connectivity index (χ0) is 15.2. The number of carbonyl (C=O) groups is 1. The van der Waals surface area contributed by atoms with Crippen molar-refractivity contribution in [2.24, 2.45) is 0 Å². The molecule has 0 aliphatic heterocycles. The second kappa shape index (κ2) is 7.14. The van der Waals surface area contributed by atoms with E-state index in [1.54, 1.807) is 18.2 Å². The number of ether oxygens (including phenoxy) is 2. The Morgan fingerprint density at radius 1 is 1.25 bits per heavy atom. The van der Waals surface area contributed by atoms with Crippen molar-refractivity contribution >= 4 is 21.4 Å². The highest BCUT2D eigenvalue weighted by Gasteiger charge is 2.10. The first-order valence-electron chi connectivity index (χ1n) is 6.05. The van der Waals surface area contributed by atoms with Gasteiger partial charge in [-0.1, -0.05) is 0 Å².